The number of phenolic OH excluding ortho intramolecular Hbond substituents is 1. The van der Waals surface area contributed by atoms with Gasteiger partial charge in [0, 0.05) is 18.0 Å². The van der Waals surface area contributed by atoms with E-state index in [4.69, 9.17) is 11.6 Å². The van der Waals surface area contributed by atoms with Gasteiger partial charge in [0.2, 0.25) is 5.91 Å². The molecule has 2 aromatic rings. The number of carbonyl (C=O) groups is 1. The summed E-state index contributed by atoms with van der Waals surface area (Å²) in [6.45, 7) is 4.70. The Bertz CT molecular complexity index is 867. The fourth-order valence-electron chi connectivity index (χ4n) is 4.24. The maximum absolute atomic E-state index is 13.8. The molecule has 0 aromatic heterocycles. The lowest BCUT2D eigenvalue weighted by Crippen LogP contribution is -2.42. The Balaban J connectivity index is 1.65. The summed E-state index contributed by atoms with van der Waals surface area (Å²) < 4.78 is 13.8. The molecule has 1 aliphatic carbocycles. The van der Waals surface area contributed by atoms with Gasteiger partial charge in [-0.15, -0.1) is 0 Å². The molecular formula is C23H28ClFN2O2. The number of nitrogens with one attached hydrogen (secondary N) is 1. The monoisotopic (exact) mass is 418 g/mol. The summed E-state index contributed by atoms with van der Waals surface area (Å²) in [6, 6.07) is 13.0. The lowest BCUT2D eigenvalue weighted by atomic mass is 9.94. The molecule has 1 aliphatic rings. The van der Waals surface area contributed by atoms with Crippen molar-refractivity contribution >= 4 is 17.5 Å². The average Bonchev–Trinajstić information content (AvgIpc) is 3.25. The highest BCUT2D eigenvalue weighted by Gasteiger charge is 2.62. The van der Waals surface area contributed by atoms with E-state index in [0.29, 0.717) is 18.5 Å². The second kappa shape index (κ2) is 8.33. The molecule has 0 heterocycles. The van der Waals surface area contributed by atoms with Crippen LogP contribution in [0, 0.1) is 17.7 Å². The molecule has 1 fully saturated rings. The molecule has 156 valence electrons. The summed E-state index contributed by atoms with van der Waals surface area (Å²) in [5, 5.41) is 12.6. The van der Waals surface area contributed by atoms with Crippen LogP contribution in [-0.4, -0.2) is 42.6 Å². The number of hydrogen-bond donors (Lipinski definition) is 2. The van der Waals surface area contributed by atoms with E-state index in [0.717, 1.165) is 0 Å². The molecule has 0 unspecified atom stereocenters. The van der Waals surface area contributed by atoms with Crippen LogP contribution in [0.2, 0.25) is 5.02 Å². The first kappa shape index (κ1) is 21.6. The van der Waals surface area contributed by atoms with Gasteiger partial charge in [-0.25, -0.2) is 4.39 Å². The van der Waals surface area contributed by atoms with Crippen LogP contribution in [0.3, 0.4) is 0 Å². The van der Waals surface area contributed by atoms with Crippen LogP contribution in [0.15, 0.2) is 42.5 Å². The van der Waals surface area contributed by atoms with Gasteiger partial charge in [0.05, 0.1) is 10.9 Å². The highest BCUT2D eigenvalue weighted by molar-refractivity contribution is 6.32. The molecule has 29 heavy (non-hydrogen) atoms. The van der Waals surface area contributed by atoms with Crippen LogP contribution >= 0.6 is 11.6 Å². The molecule has 0 saturated heterocycles. The van der Waals surface area contributed by atoms with E-state index >= 15 is 0 Å². The number of nitrogens with zero attached hydrogens (tertiary/aromatic N) is 1. The summed E-state index contributed by atoms with van der Waals surface area (Å²) in [5.41, 5.74) is 1.71. The maximum atomic E-state index is 13.8. The van der Waals surface area contributed by atoms with Crippen LogP contribution in [-0.2, 0) is 16.6 Å². The van der Waals surface area contributed by atoms with Gasteiger partial charge in [0.25, 0.3) is 0 Å². The van der Waals surface area contributed by atoms with Gasteiger partial charge in [-0.2, -0.15) is 0 Å². The van der Waals surface area contributed by atoms with Gasteiger partial charge in [0.1, 0.15) is 0 Å². The number of likely N-dealkylation sites (N-methyl/N-ethyl adjacent to an activating group) is 1. The first-order valence-corrected chi connectivity index (χ1v) is 10.2. The first-order chi connectivity index (χ1) is 13.7. The minimum Gasteiger partial charge on any atom is -0.504 e. The number of aromatic hydroxyl groups is 1. The predicted octanol–water partition coefficient (Wildman–Crippen LogP) is 4.00. The third kappa shape index (κ3) is 4.26. The van der Waals surface area contributed by atoms with Crippen molar-refractivity contribution in [1.82, 2.24) is 10.2 Å². The molecule has 0 bridgehead atoms. The maximum Gasteiger partial charge on any atom is 0.224 e. The Morgan fingerprint density at radius 1 is 1.31 bits per heavy atom. The summed E-state index contributed by atoms with van der Waals surface area (Å²) in [5.74, 6) is -1.01. The van der Waals surface area contributed by atoms with Gasteiger partial charge in [-0.05, 0) is 49.7 Å². The van der Waals surface area contributed by atoms with Gasteiger partial charge in [-0.1, -0.05) is 55.8 Å². The summed E-state index contributed by atoms with van der Waals surface area (Å²) >= 11 is 5.89. The van der Waals surface area contributed by atoms with Crippen LogP contribution in [0.4, 0.5) is 4.39 Å². The highest BCUT2D eigenvalue weighted by atomic mass is 35.5. The molecular weight excluding hydrogens is 391 g/mol. The van der Waals surface area contributed by atoms with Crippen LogP contribution in [0.25, 0.3) is 0 Å². The van der Waals surface area contributed by atoms with E-state index in [1.54, 1.807) is 6.07 Å². The van der Waals surface area contributed by atoms with Gasteiger partial charge in [-0.3, -0.25) is 4.79 Å². The lowest BCUT2D eigenvalue weighted by Gasteiger charge is -2.25. The fourth-order valence-corrected chi connectivity index (χ4v) is 4.47. The number of benzene rings is 2. The molecule has 1 saturated carbocycles. The Hall–Kier alpha value is -2.11. The summed E-state index contributed by atoms with van der Waals surface area (Å²) in [4.78, 5) is 14.9. The van der Waals surface area contributed by atoms with Crippen molar-refractivity contribution in [2.75, 3.05) is 20.6 Å². The molecule has 1 amide bonds. The van der Waals surface area contributed by atoms with Crippen LogP contribution < -0.4 is 5.32 Å². The van der Waals surface area contributed by atoms with Crippen molar-refractivity contribution in [1.29, 1.82) is 0 Å². The number of rotatable bonds is 7. The topological polar surface area (TPSA) is 52.6 Å². The van der Waals surface area contributed by atoms with Crippen molar-refractivity contribution in [3.05, 3.63) is 64.4 Å². The minimum absolute atomic E-state index is 0.00743. The third-order valence-corrected chi connectivity index (χ3v) is 6.74. The SMILES string of the molecule is C[C@H]1[C@@H](C(=O)NC[C@H](Cc2cc(F)c(O)c(Cl)c2)N(C)C)[C@@]1(C)c1ccccc1. The minimum atomic E-state index is -0.737. The number of phenols is 1. The summed E-state index contributed by atoms with van der Waals surface area (Å²) in [7, 11) is 3.84. The van der Waals surface area contributed by atoms with Crippen molar-refractivity contribution in [2.24, 2.45) is 11.8 Å². The number of halogens is 2. The van der Waals surface area contributed by atoms with Gasteiger partial charge in [0.15, 0.2) is 11.6 Å². The van der Waals surface area contributed by atoms with Gasteiger partial charge < -0.3 is 15.3 Å². The molecule has 4 atom stereocenters. The first-order valence-electron chi connectivity index (χ1n) is 9.82. The zero-order valence-corrected chi connectivity index (χ0v) is 18.0. The second-order valence-electron chi connectivity index (χ2n) is 8.39. The predicted molar refractivity (Wildman–Crippen MR) is 114 cm³/mol. The lowest BCUT2D eigenvalue weighted by molar-refractivity contribution is -0.123. The quantitative estimate of drug-likeness (QED) is 0.714. The van der Waals surface area contributed by atoms with Crippen molar-refractivity contribution in [3.8, 4) is 5.75 Å². The summed E-state index contributed by atoms with van der Waals surface area (Å²) in [6.07, 6.45) is 0.500. The third-order valence-electron chi connectivity index (χ3n) is 6.45. The number of hydrogen-bond acceptors (Lipinski definition) is 3. The van der Waals surface area contributed by atoms with E-state index in [1.165, 1.54) is 11.6 Å². The molecule has 0 spiro atoms. The van der Waals surface area contributed by atoms with E-state index in [-0.39, 0.29) is 34.2 Å². The highest BCUT2D eigenvalue weighted by Crippen LogP contribution is 2.59. The number of carbonyl (C=O) groups excluding carboxylic acids is 1. The average molecular weight is 419 g/mol. The largest absolute Gasteiger partial charge is 0.504 e. The van der Waals surface area contributed by atoms with E-state index in [2.05, 4.69) is 31.3 Å². The van der Waals surface area contributed by atoms with E-state index in [1.807, 2.05) is 37.2 Å². The van der Waals surface area contributed by atoms with E-state index < -0.39 is 11.6 Å². The van der Waals surface area contributed by atoms with E-state index in [9.17, 15) is 14.3 Å². The standard InChI is InChI=1S/C23H28ClFN2O2/c1-14-20(23(14,2)16-8-6-5-7-9-16)22(29)26-13-17(27(3)4)10-15-11-18(24)21(28)19(25)12-15/h5-9,11-12,14,17,20,28H,10,13H2,1-4H3,(H,26,29)/t14-,17-,20-,23+/m0/s1. The molecule has 4 nitrogen and oxygen atoms in total. The zero-order chi connectivity index (χ0) is 21.3. The Morgan fingerprint density at radius 2 is 1.97 bits per heavy atom. The zero-order valence-electron chi connectivity index (χ0n) is 17.2. The van der Waals surface area contributed by atoms with Crippen molar-refractivity contribution < 1.29 is 14.3 Å². The molecule has 6 heteroatoms. The Morgan fingerprint density at radius 3 is 2.55 bits per heavy atom. The molecule has 0 aliphatic heterocycles. The normalized spacial score (nSPS) is 24.4. The van der Waals surface area contributed by atoms with Crippen molar-refractivity contribution in [3.63, 3.8) is 0 Å². The van der Waals surface area contributed by atoms with Crippen LogP contribution in [0.1, 0.15) is 25.0 Å². The smallest absolute Gasteiger partial charge is 0.224 e. The van der Waals surface area contributed by atoms with Gasteiger partial charge >= 0.3 is 0 Å². The fraction of sp³-hybridized carbons (Fsp3) is 0.435. The van der Waals surface area contributed by atoms with Crippen LogP contribution in [0.5, 0.6) is 5.75 Å². The van der Waals surface area contributed by atoms with Crippen molar-refractivity contribution in [2.45, 2.75) is 31.7 Å². The molecule has 2 N–H and O–H groups in total. The Labute approximate surface area is 176 Å². The molecule has 2 aromatic carbocycles. The molecule has 3 rings (SSSR count). The molecule has 0 radical (unpaired) electrons. The number of amides is 1. The second-order valence-corrected chi connectivity index (χ2v) is 8.80. The Kier molecular flexibility index (Phi) is 6.20.